The molecular weight excluding hydrogens is 428 g/mol. The molecule has 0 aliphatic heterocycles. The van der Waals surface area contributed by atoms with Crippen molar-refractivity contribution < 1.29 is 4.79 Å². The van der Waals surface area contributed by atoms with Crippen molar-refractivity contribution >= 4 is 17.6 Å². The molecule has 0 saturated heterocycles. The zero-order valence-corrected chi connectivity index (χ0v) is 20.3. The van der Waals surface area contributed by atoms with Gasteiger partial charge in [-0.3, -0.25) is 0 Å². The van der Waals surface area contributed by atoms with E-state index in [4.69, 9.17) is 11.6 Å². The third-order valence-corrected chi connectivity index (χ3v) is 7.10. The van der Waals surface area contributed by atoms with Crippen molar-refractivity contribution in [2.24, 2.45) is 0 Å². The summed E-state index contributed by atoms with van der Waals surface area (Å²) >= 11 is 6.04. The largest absolute Gasteiger partial charge is 0.331 e. The summed E-state index contributed by atoms with van der Waals surface area (Å²) < 4.78 is 0. The molecule has 3 aromatic rings. The molecule has 33 heavy (non-hydrogen) atoms. The lowest BCUT2D eigenvalue weighted by Gasteiger charge is -2.38. The Morgan fingerprint density at radius 3 is 2.21 bits per heavy atom. The molecule has 1 atom stereocenters. The molecule has 1 fully saturated rings. The van der Waals surface area contributed by atoms with Crippen molar-refractivity contribution in [1.29, 1.82) is 0 Å². The number of urea groups is 1. The first-order valence-electron chi connectivity index (χ1n) is 11.9. The molecular formula is C29H33ClN2O. The van der Waals surface area contributed by atoms with E-state index in [-0.39, 0.29) is 18.1 Å². The summed E-state index contributed by atoms with van der Waals surface area (Å²) in [5.74, 6) is 0.583. The second kappa shape index (κ2) is 10.9. The first kappa shape index (κ1) is 23.4. The Labute approximate surface area is 202 Å². The van der Waals surface area contributed by atoms with Crippen molar-refractivity contribution in [2.75, 3.05) is 0 Å². The van der Waals surface area contributed by atoms with Crippen LogP contribution in [0.3, 0.4) is 0 Å². The van der Waals surface area contributed by atoms with Gasteiger partial charge in [0.15, 0.2) is 0 Å². The number of carbonyl (C=O) groups is 1. The van der Waals surface area contributed by atoms with Crippen molar-refractivity contribution in [2.45, 2.75) is 64.1 Å². The molecule has 0 bridgehead atoms. The lowest BCUT2D eigenvalue weighted by molar-refractivity contribution is 0.144. The van der Waals surface area contributed by atoms with Gasteiger partial charge in [-0.2, -0.15) is 0 Å². The Hall–Kier alpha value is -2.78. The predicted molar refractivity (Wildman–Crippen MR) is 137 cm³/mol. The van der Waals surface area contributed by atoms with Gasteiger partial charge in [0.05, 0.1) is 6.04 Å². The molecule has 1 saturated carbocycles. The van der Waals surface area contributed by atoms with Crippen LogP contribution in [0.15, 0.2) is 78.9 Å². The van der Waals surface area contributed by atoms with E-state index in [9.17, 15) is 4.79 Å². The molecule has 1 N–H and O–H groups in total. The Morgan fingerprint density at radius 1 is 0.939 bits per heavy atom. The van der Waals surface area contributed by atoms with Gasteiger partial charge in [-0.25, -0.2) is 4.79 Å². The maximum Gasteiger partial charge on any atom is 0.318 e. The summed E-state index contributed by atoms with van der Waals surface area (Å²) in [7, 11) is 0. The fourth-order valence-electron chi connectivity index (χ4n) is 4.81. The smallest absolute Gasteiger partial charge is 0.318 e. The zero-order chi connectivity index (χ0) is 23.2. The van der Waals surface area contributed by atoms with Crippen LogP contribution in [0.25, 0.3) is 0 Å². The molecule has 1 aliphatic carbocycles. The lowest BCUT2D eigenvalue weighted by atomic mass is 9.81. The number of amides is 2. The minimum atomic E-state index is -0.0871. The number of carbonyl (C=O) groups excluding carboxylic acids is 1. The van der Waals surface area contributed by atoms with Crippen molar-refractivity contribution in [3.8, 4) is 0 Å². The fraction of sp³-hybridized carbons (Fsp3) is 0.345. The fourth-order valence-corrected chi connectivity index (χ4v) is 4.93. The van der Waals surface area contributed by atoms with Gasteiger partial charge in [0.25, 0.3) is 0 Å². The SMILES string of the molecule is Cc1ccc(CN(C(=O)NC(C)c2ccc(Cl)cc2)C2CCC(c3ccccc3)CC2)cc1. The van der Waals surface area contributed by atoms with Crippen LogP contribution in [-0.4, -0.2) is 17.0 Å². The zero-order valence-electron chi connectivity index (χ0n) is 19.5. The molecule has 0 heterocycles. The number of rotatable bonds is 6. The highest BCUT2D eigenvalue weighted by Crippen LogP contribution is 2.35. The van der Waals surface area contributed by atoms with Crippen LogP contribution in [0.5, 0.6) is 0 Å². The van der Waals surface area contributed by atoms with E-state index < -0.39 is 0 Å². The van der Waals surface area contributed by atoms with Crippen molar-refractivity contribution in [1.82, 2.24) is 10.2 Å². The second-order valence-electron chi connectivity index (χ2n) is 9.25. The predicted octanol–water partition coefficient (Wildman–Crippen LogP) is 7.65. The van der Waals surface area contributed by atoms with Crippen LogP contribution in [0.1, 0.15) is 66.8 Å². The van der Waals surface area contributed by atoms with Gasteiger partial charge < -0.3 is 10.2 Å². The topological polar surface area (TPSA) is 32.3 Å². The van der Waals surface area contributed by atoms with Crippen LogP contribution in [0, 0.1) is 6.92 Å². The lowest BCUT2D eigenvalue weighted by Crippen LogP contribution is -2.47. The van der Waals surface area contributed by atoms with Crippen LogP contribution < -0.4 is 5.32 Å². The molecule has 4 rings (SSSR count). The standard InChI is InChI=1S/C29H33ClN2O/c1-21-8-10-23(11-9-21)20-32(29(33)31-22(2)24-12-16-27(30)17-13-24)28-18-14-26(15-19-28)25-6-4-3-5-7-25/h3-13,16-17,22,26,28H,14-15,18-20H2,1-2H3,(H,31,33). The van der Waals surface area contributed by atoms with Crippen LogP contribution in [0.4, 0.5) is 4.79 Å². The highest BCUT2D eigenvalue weighted by atomic mass is 35.5. The number of aryl methyl sites for hydroxylation is 1. The Morgan fingerprint density at radius 2 is 1.58 bits per heavy atom. The number of hydrogen-bond acceptors (Lipinski definition) is 1. The van der Waals surface area contributed by atoms with Crippen LogP contribution in [0.2, 0.25) is 5.02 Å². The summed E-state index contributed by atoms with van der Waals surface area (Å²) in [6.45, 7) is 4.74. The van der Waals surface area contributed by atoms with Gasteiger partial charge in [0.2, 0.25) is 0 Å². The van der Waals surface area contributed by atoms with Gasteiger partial charge in [-0.15, -0.1) is 0 Å². The molecule has 2 amide bonds. The molecule has 1 aliphatic rings. The number of nitrogens with zero attached hydrogens (tertiary/aromatic N) is 1. The summed E-state index contributed by atoms with van der Waals surface area (Å²) in [6, 6.07) is 27.1. The number of benzene rings is 3. The second-order valence-corrected chi connectivity index (χ2v) is 9.69. The van der Waals surface area contributed by atoms with E-state index in [0.717, 1.165) is 31.2 Å². The van der Waals surface area contributed by atoms with Crippen LogP contribution in [-0.2, 0) is 6.54 Å². The molecule has 172 valence electrons. The molecule has 1 unspecified atom stereocenters. The molecule has 4 heteroatoms. The monoisotopic (exact) mass is 460 g/mol. The molecule has 3 nitrogen and oxygen atoms in total. The van der Waals surface area contributed by atoms with E-state index in [0.29, 0.717) is 17.5 Å². The summed E-state index contributed by atoms with van der Waals surface area (Å²) in [5, 5.41) is 3.93. The quantitative estimate of drug-likeness (QED) is 0.402. The maximum atomic E-state index is 13.5. The van der Waals surface area contributed by atoms with E-state index in [1.807, 2.05) is 31.2 Å². The average Bonchev–Trinajstić information content (AvgIpc) is 2.84. The van der Waals surface area contributed by atoms with Gasteiger partial charge in [0.1, 0.15) is 0 Å². The molecule has 0 radical (unpaired) electrons. The number of hydrogen-bond donors (Lipinski definition) is 1. The van der Waals surface area contributed by atoms with Gasteiger partial charge >= 0.3 is 6.03 Å². The Bertz CT molecular complexity index is 1030. The summed E-state index contributed by atoms with van der Waals surface area (Å²) in [5.41, 5.74) is 4.87. The third-order valence-electron chi connectivity index (χ3n) is 6.85. The average molecular weight is 461 g/mol. The Balaban J connectivity index is 1.47. The molecule has 0 spiro atoms. The van der Waals surface area contributed by atoms with E-state index in [1.165, 1.54) is 16.7 Å². The highest BCUT2D eigenvalue weighted by Gasteiger charge is 2.30. The summed E-state index contributed by atoms with van der Waals surface area (Å²) in [4.78, 5) is 15.6. The number of halogens is 1. The van der Waals surface area contributed by atoms with E-state index in [2.05, 4.69) is 71.7 Å². The maximum absolute atomic E-state index is 13.5. The van der Waals surface area contributed by atoms with Gasteiger partial charge in [-0.1, -0.05) is 83.9 Å². The first-order valence-corrected chi connectivity index (χ1v) is 12.3. The van der Waals surface area contributed by atoms with E-state index >= 15 is 0 Å². The Kier molecular flexibility index (Phi) is 7.72. The van der Waals surface area contributed by atoms with Gasteiger partial charge in [0, 0.05) is 17.6 Å². The normalized spacial score (nSPS) is 19.0. The minimum absolute atomic E-state index is 0.00110. The number of nitrogens with one attached hydrogen (secondary N) is 1. The van der Waals surface area contributed by atoms with Crippen LogP contribution >= 0.6 is 11.6 Å². The molecule has 3 aromatic carbocycles. The first-order chi connectivity index (χ1) is 16.0. The minimum Gasteiger partial charge on any atom is -0.331 e. The van der Waals surface area contributed by atoms with Crippen molar-refractivity contribution in [3.05, 3.63) is 106 Å². The third kappa shape index (κ3) is 6.17. The van der Waals surface area contributed by atoms with Gasteiger partial charge in [-0.05, 0) is 74.3 Å². The molecule has 0 aromatic heterocycles. The van der Waals surface area contributed by atoms with E-state index in [1.54, 1.807) is 0 Å². The van der Waals surface area contributed by atoms with Crippen molar-refractivity contribution in [3.63, 3.8) is 0 Å². The highest BCUT2D eigenvalue weighted by molar-refractivity contribution is 6.30. The summed E-state index contributed by atoms with van der Waals surface area (Å²) in [6.07, 6.45) is 4.26.